The van der Waals surface area contributed by atoms with E-state index in [1.165, 1.54) is 11.8 Å². The van der Waals surface area contributed by atoms with Gasteiger partial charge in [0.1, 0.15) is 12.4 Å². The van der Waals surface area contributed by atoms with E-state index in [9.17, 15) is 9.59 Å². The number of H-pyrrole nitrogens is 1. The largest absolute Gasteiger partial charge is 0.488 e. The van der Waals surface area contributed by atoms with Gasteiger partial charge in [-0.2, -0.15) is 5.10 Å². The lowest BCUT2D eigenvalue weighted by molar-refractivity contribution is 0.0459. The maximum Gasteiger partial charge on any atom is 0.338 e. The van der Waals surface area contributed by atoms with E-state index in [4.69, 9.17) is 20.2 Å². The van der Waals surface area contributed by atoms with Crippen LogP contribution in [-0.4, -0.2) is 46.6 Å². The minimum absolute atomic E-state index is 0.0855. The fraction of sp³-hybridized carbons (Fsp3) is 0.200. The first-order valence-corrected chi connectivity index (χ1v) is 13.7. The predicted molar refractivity (Wildman–Crippen MR) is 157 cm³/mol. The number of ether oxygens (including phenoxy) is 2. The summed E-state index contributed by atoms with van der Waals surface area (Å²) in [6.45, 7) is 4.40. The number of esters is 1. The lowest BCUT2D eigenvalue weighted by Gasteiger charge is -2.10. The summed E-state index contributed by atoms with van der Waals surface area (Å²) in [4.78, 5) is 31.7. The molecule has 40 heavy (non-hydrogen) atoms. The van der Waals surface area contributed by atoms with E-state index in [1.54, 1.807) is 24.3 Å². The molecule has 0 radical (unpaired) electrons. The van der Waals surface area contributed by atoms with Gasteiger partial charge in [-0.1, -0.05) is 86.3 Å². The second-order valence-corrected chi connectivity index (χ2v) is 10.2. The molecule has 0 fully saturated rings. The Morgan fingerprint density at radius 3 is 2.25 bits per heavy atom. The molecule has 0 aliphatic heterocycles. The van der Waals surface area contributed by atoms with Crippen molar-refractivity contribution in [2.24, 2.45) is 16.8 Å². The number of carbonyl (C=O) groups is 2. The first-order valence-electron chi connectivity index (χ1n) is 12.7. The van der Waals surface area contributed by atoms with E-state index in [1.807, 2.05) is 74.5 Å². The molecule has 0 unspecified atom stereocenters. The molecule has 1 aromatic heterocycles. The van der Waals surface area contributed by atoms with Crippen molar-refractivity contribution in [3.8, 4) is 28.3 Å². The van der Waals surface area contributed by atoms with Crippen LogP contribution in [0, 0.1) is 5.92 Å². The number of urea groups is 1. The molecule has 0 atom stereocenters. The van der Waals surface area contributed by atoms with Crippen LogP contribution in [-0.2, 0) is 4.74 Å². The number of hydrogen-bond donors (Lipinski definition) is 3. The molecule has 0 spiro atoms. The van der Waals surface area contributed by atoms with E-state index in [0.29, 0.717) is 34.5 Å². The number of thioether (sulfide) groups is 1. The van der Waals surface area contributed by atoms with Gasteiger partial charge in [-0.05, 0) is 30.2 Å². The molecule has 10 heteroatoms. The highest BCUT2D eigenvalue weighted by Crippen LogP contribution is 2.32. The highest BCUT2D eigenvalue weighted by Gasteiger charge is 2.16. The zero-order valence-electron chi connectivity index (χ0n) is 22.3. The molecule has 0 saturated carbocycles. The van der Waals surface area contributed by atoms with Gasteiger partial charge in [-0.25, -0.2) is 20.0 Å². The first kappa shape index (κ1) is 28.4. The maximum absolute atomic E-state index is 12.2. The molecule has 2 amide bonds. The summed E-state index contributed by atoms with van der Waals surface area (Å²) >= 11 is 1.42. The topological polar surface area (TPSA) is 132 Å². The quantitative estimate of drug-likeness (QED) is 0.0879. The molecule has 1 heterocycles. The fourth-order valence-electron chi connectivity index (χ4n) is 3.61. The van der Waals surface area contributed by atoms with Crippen molar-refractivity contribution in [3.05, 3.63) is 90.5 Å². The van der Waals surface area contributed by atoms with Gasteiger partial charge in [0.25, 0.3) is 0 Å². The van der Waals surface area contributed by atoms with Crippen molar-refractivity contribution in [1.82, 2.24) is 15.4 Å². The zero-order valence-corrected chi connectivity index (χ0v) is 23.1. The third-order valence-corrected chi connectivity index (χ3v) is 6.48. The highest BCUT2D eigenvalue weighted by molar-refractivity contribution is 7.99. The van der Waals surface area contributed by atoms with Crippen molar-refractivity contribution >= 4 is 29.5 Å². The number of hydrogen-bond acceptors (Lipinski definition) is 7. The van der Waals surface area contributed by atoms with Gasteiger partial charge in [0.2, 0.25) is 0 Å². The number of amides is 2. The lowest BCUT2D eigenvalue weighted by Crippen LogP contribution is -2.28. The number of carbonyl (C=O) groups excluding carboxylic acids is 2. The number of imidazole rings is 1. The number of nitrogens with zero attached hydrogens (tertiary/aromatic N) is 2. The molecule has 4 rings (SSSR count). The molecule has 0 saturated heterocycles. The smallest absolute Gasteiger partial charge is 0.338 e. The average molecular weight is 558 g/mol. The number of benzene rings is 3. The molecule has 3 aromatic carbocycles. The van der Waals surface area contributed by atoms with Crippen LogP contribution >= 0.6 is 11.8 Å². The molecular formula is C30H31N5O4S. The van der Waals surface area contributed by atoms with Gasteiger partial charge in [-0.3, -0.25) is 0 Å². The van der Waals surface area contributed by atoms with E-state index in [2.05, 4.69) is 15.5 Å². The normalized spacial score (nSPS) is 11.3. The van der Waals surface area contributed by atoms with E-state index >= 15 is 0 Å². The van der Waals surface area contributed by atoms with Gasteiger partial charge in [0, 0.05) is 16.9 Å². The molecule has 0 aliphatic rings. The molecule has 9 nitrogen and oxygen atoms in total. The molecule has 0 bridgehead atoms. The standard InChI is InChI=1S/C30H31N5O4S/c1-20(2)17-39-28(36)23-13-15-25(16-14-23)38-18-24(34-35-29(31)37)19-40-30-32-26(21-9-5-3-6-10-21)27(33-30)22-11-7-4-8-12-22/h3-16,20H,17-19H2,1-2H3,(H,32,33)(H3,31,35,37)/b34-24+. The summed E-state index contributed by atoms with van der Waals surface area (Å²) in [6, 6.07) is 25.8. The lowest BCUT2D eigenvalue weighted by atomic mass is 10.1. The predicted octanol–water partition coefficient (Wildman–Crippen LogP) is 5.75. The van der Waals surface area contributed by atoms with Crippen LogP contribution in [0.1, 0.15) is 24.2 Å². The monoisotopic (exact) mass is 557 g/mol. The van der Waals surface area contributed by atoms with Gasteiger partial charge < -0.3 is 20.2 Å². The molecular weight excluding hydrogens is 526 g/mol. The van der Waals surface area contributed by atoms with E-state index in [0.717, 1.165) is 22.5 Å². The Balaban J connectivity index is 1.45. The van der Waals surface area contributed by atoms with Crippen molar-refractivity contribution in [3.63, 3.8) is 0 Å². The Hall–Kier alpha value is -4.57. The summed E-state index contributed by atoms with van der Waals surface area (Å²) in [6.07, 6.45) is 0. The summed E-state index contributed by atoms with van der Waals surface area (Å²) < 4.78 is 11.1. The Bertz CT molecular complexity index is 1380. The number of aromatic amines is 1. The van der Waals surface area contributed by atoms with E-state index in [-0.39, 0.29) is 18.5 Å². The molecule has 4 N–H and O–H groups in total. The summed E-state index contributed by atoms with van der Waals surface area (Å²) in [5, 5.41) is 4.80. The van der Waals surface area contributed by atoms with Crippen LogP contribution in [0.2, 0.25) is 0 Å². The Labute approximate surface area is 237 Å². The van der Waals surface area contributed by atoms with Crippen LogP contribution in [0.3, 0.4) is 0 Å². The number of primary amides is 1. The Morgan fingerprint density at radius 2 is 1.62 bits per heavy atom. The molecule has 206 valence electrons. The van der Waals surface area contributed by atoms with Gasteiger partial charge in [0.05, 0.1) is 29.3 Å². The second kappa shape index (κ2) is 14.0. The Morgan fingerprint density at radius 1 is 0.975 bits per heavy atom. The zero-order chi connectivity index (χ0) is 28.3. The molecule has 0 aliphatic carbocycles. The van der Waals surface area contributed by atoms with Gasteiger partial charge in [-0.15, -0.1) is 0 Å². The summed E-state index contributed by atoms with van der Waals surface area (Å²) in [5.41, 5.74) is 12.2. The van der Waals surface area contributed by atoms with Crippen molar-refractivity contribution in [1.29, 1.82) is 0 Å². The first-order chi connectivity index (χ1) is 19.4. The van der Waals surface area contributed by atoms with Gasteiger partial charge >= 0.3 is 12.0 Å². The van der Waals surface area contributed by atoms with Crippen molar-refractivity contribution in [2.75, 3.05) is 19.0 Å². The van der Waals surface area contributed by atoms with Crippen LogP contribution in [0.4, 0.5) is 4.79 Å². The minimum atomic E-state index is -0.775. The number of nitrogens with two attached hydrogens (primary N) is 1. The minimum Gasteiger partial charge on any atom is -0.488 e. The van der Waals surface area contributed by atoms with E-state index < -0.39 is 6.03 Å². The number of nitrogens with one attached hydrogen (secondary N) is 2. The molecule has 4 aromatic rings. The summed E-state index contributed by atoms with van der Waals surface area (Å²) in [5.74, 6) is 0.781. The van der Waals surface area contributed by atoms with Crippen molar-refractivity contribution in [2.45, 2.75) is 19.0 Å². The van der Waals surface area contributed by atoms with Crippen LogP contribution in [0.5, 0.6) is 5.75 Å². The summed E-state index contributed by atoms with van der Waals surface area (Å²) in [7, 11) is 0. The number of rotatable bonds is 12. The third kappa shape index (κ3) is 8.21. The third-order valence-electron chi connectivity index (χ3n) is 5.53. The SMILES string of the molecule is CC(C)COC(=O)c1ccc(OC/C(CSc2nc(-c3ccccc3)c(-c3ccccc3)[nH]2)=N\NC(N)=O)cc1. The van der Waals surface area contributed by atoms with Gasteiger partial charge in [0.15, 0.2) is 5.16 Å². The maximum atomic E-state index is 12.2. The second-order valence-electron chi connectivity index (χ2n) is 9.25. The van der Waals surface area contributed by atoms with Crippen LogP contribution in [0.15, 0.2) is 95.2 Å². The fourth-order valence-corrected chi connectivity index (χ4v) is 4.39. The number of aromatic nitrogens is 2. The Kier molecular flexibility index (Phi) is 9.95. The van der Waals surface area contributed by atoms with Crippen LogP contribution in [0.25, 0.3) is 22.5 Å². The number of hydrazone groups is 1. The average Bonchev–Trinajstić information content (AvgIpc) is 3.41. The highest BCUT2D eigenvalue weighted by atomic mass is 32.2. The van der Waals surface area contributed by atoms with Crippen molar-refractivity contribution < 1.29 is 19.1 Å². The van der Waals surface area contributed by atoms with Crippen LogP contribution < -0.4 is 15.9 Å².